The molecule has 0 fully saturated rings. The predicted octanol–water partition coefficient (Wildman–Crippen LogP) is 3.85. The lowest BCUT2D eigenvalue weighted by Gasteiger charge is -2.13. The Hall–Kier alpha value is -2.21. The quantitative estimate of drug-likeness (QED) is 0.825. The van der Waals surface area contributed by atoms with Gasteiger partial charge in [-0.1, -0.05) is 13.0 Å². The molecule has 0 aliphatic carbocycles. The van der Waals surface area contributed by atoms with Gasteiger partial charge in [0, 0.05) is 6.07 Å². The number of benzene rings is 2. The van der Waals surface area contributed by atoms with Crippen molar-refractivity contribution in [1.29, 1.82) is 0 Å². The van der Waals surface area contributed by atoms with Gasteiger partial charge in [0.15, 0.2) is 0 Å². The molecule has 1 N–H and O–H groups in total. The zero-order chi connectivity index (χ0) is 17.7. The molecular formula is C18H23NO4S. The zero-order valence-electron chi connectivity index (χ0n) is 14.4. The van der Waals surface area contributed by atoms with E-state index < -0.39 is 10.0 Å². The number of hydrogen-bond donors (Lipinski definition) is 1. The van der Waals surface area contributed by atoms with Gasteiger partial charge >= 0.3 is 0 Å². The second-order valence-electron chi connectivity index (χ2n) is 5.63. The van der Waals surface area contributed by atoms with Gasteiger partial charge in [0.2, 0.25) is 0 Å². The summed E-state index contributed by atoms with van der Waals surface area (Å²) >= 11 is 0. The molecule has 0 aliphatic heterocycles. The number of hydrogen-bond acceptors (Lipinski definition) is 4. The number of sulfonamides is 1. The Morgan fingerprint density at radius 3 is 2.50 bits per heavy atom. The lowest BCUT2D eigenvalue weighted by Crippen LogP contribution is -2.13. The summed E-state index contributed by atoms with van der Waals surface area (Å²) in [7, 11) is -2.11. The number of methoxy groups -OCH3 is 1. The molecule has 2 rings (SSSR count). The van der Waals surface area contributed by atoms with Crippen LogP contribution in [0.15, 0.2) is 47.4 Å². The van der Waals surface area contributed by atoms with Gasteiger partial charge in [-0.15, -0.1) is 0 Å². The number of rotatable bonds is 7. The lowest BCUT2D eigenvalue weighted by molar-refractivity contribution is 0.242. The molecule has 24 heavy (non-hydrogen) atoms. The van der Waals surface area contributed by atoms with Crippen LogP contribution >= 0.6 is 0 Å². The molecule has 0 aliphatic rings. The van der Waals surface area contributed by atoms with Crippen molar-refractivity contribution in [2.24, 2.45) is 0 Å². The third kappa shape index (κ3) is 4.41. The van der Waals surface area contributed by atoms with Crippen molar-refractivity contribution >= 4 is 15.7 Å². The SMILES string of the molecule is CCc1cc(S(=O)(=O)Nc2cccc(OC(C)C)c2)ccc1OC. The van der Waals surface area contributed by atoms with Crippen molar-refractivity contribution in [3.05, 3.63) is 48.0 Å². The van der Waals surface area contributed by atoms with Crippen LogP contribution in [0.3, 0.4) is 0 Å². The number of ether oxygens (including phenoxy) is 2. The maximum Gasteiger partial charge on any atom is 0.261 e. The van der Waals surface area contributed by atoms with E-state index in [4.69, 9.17) is 9.47 Å². The van der Waals surface area contributed by atoms with Crippen LogP contribution in [0.5, 0.6) is 11.5 Å². The molecule has 0 atom stereocenters. The van der Waals surface area contributed by atoms with Crippen molar-refractivity contribution in [1.82, 2.24) is 0 Å². The Morgan fingerprint density at radius 2 is 1.88 bits per heavy atom. The van der Waals surface area contributed by atoms with Gasteiger partial charge in [0.1, 0.15) is 11.5 Å². The van der Waals surface area contributed by atoms with E-state index in [2.05, 4.69) is 4.72 Å². The molecule has 0 aromatic heterocycles. The smallest absolute Gasteiger partial charge is 0.261 e. The van der Waals surface area contributed by atoms with Crippen LogP contribution < -0.4 is 14.2 Å². The molecule has 0 spiro atoms. The van der Waals surface area contributed by atoms with E-state index in [1.807, 2.05) is 20.8 Å². The van der Waals surface area contributed by atoms with Crippen LogP contribution in [-0.2, 0) is 16.4 Å². The molecule has 0 heterocycles. The third-order valence-corrected chi connectivity index (χ3v) is 4.78. The zero-order valence-corrected chi connectivity index (χ0v) is 15.2. The first kappa shape index (κ1) is 18.1. The summed E-state index contributed by atoms with van der Waals surface area (Å²) in [6, 6.07) is 11.7. The topological polar surface area (TPSA) is 64.6 Å². The number of aryl methyl sites for hydroxylation is 1. The van der Waals surface area contributed by atoms with Crippen molar-refractivity contribution in [2.45, 2.75) is 38.2 Å². The fourth-order valence-corrected chi connectivity index (χ4v) is 3.42. The van der Waals surface area contributed by atoms with E-state index >= 15 is 0 Å². The van der Waals surface area contributed by atoms with E-state index in [0.29, 0.717) is 23.6 Å². The second-order valence-corrected chi connectivity index (χ2v) is 7.31. The van der Waals surface area contributed by atoms with Gasteiger partial charge in [0.25, 0.3) is 10.0 Å². The van der Waals surface area contributed by atoms with Crippen molar-refractivity contribution in [2.75, 3.05) is 11.8 Å². The predicted molar refractivity (Wildman–Crippen MR) is 95.4 cm³/mol. The highest BCUT2D eigenvalue weighted by atomic mass is 32.2. The summed E-state index contributed by atoms with van der Waals surface area (Å²) < 4.78 is 38.6. The molecule has 2 aromatic carbocycles. The number of anilines is 1. The van der Waals surface area contributed by atoms with Gasteiger partial charge in [-0.3, -0.25) is 4.72 Å². The second kappa shape index (κ2) is 7.57. The van der Waals surface area contributed by atoms with Gasteiger partial charge in [-0.05, 0) is 56.2 Å². The van der Waals surface area contributed by atoms with E-state index in [1.54, 1.807) is 43.5 Å². The molecule has 0 bridgehead atoms. The van der Waals surface area contributed by atoms with Crippen molar-refractivity contribution < 1.29 is 17.9 Å². The van der Waals surface area contributed by atoms with Crippen LogP contribution in [0, 0.1) is 0 Å². The molecule has 0 saturated heterocycles. The van der Waals surface area contributed by atoms with Crippen LogP contribution in [0.4, 0.5) is 5.69 Å². The molecule has 0 unspecified atom stereocenters. The maximum atomic E-state index is 12.6. The van der Waals surface area contributed by atoms with E-state index in [9.17, 15) is 8.42 Å². The summed E-state index contributed by atoms with van der Waals surface area (Å²) in [5, 5.41) is 0. The minimum absolute atomic E-state index is 0.0190. The normalized spacial score (nSPS) is 11.4. The molecule has 0 radical (unpaired) electrons. The molecule has 6 heteroatoms. The monoisotopic (exact) mass is 349 g/mol. The minimum atomic E-state index is -3.68. The first-order chi connectivity index (χ1) is 11.4. The highest BCUT2D eigenvalue weighted by Crippen LogP contribution is 2.25. The first-order valence-electron chi connectivity index (χ1n) is 7.82. The summed E-state index contributed by atoms with van der Waals surface area (Å²) in [5.41, 5.74) is 1.30. The molecule has 2 aromatic rings. The molecular weight excluding hydrogens is 326 g/mol. The summed E-state index contributed by atoms with van der Waals surface area (Å²) in [6.45, 7) is 5.79. The fraction of sp³-hybridized carbons (Fsp3) is 0.333. The largest absolute Gasteiger partial charge is 0.496 e. The highest BCUT2D eigenvalue weighted by molar-refractivity contribution is 7.92. The molecule has 130 valence electrons. The Kier molecular flexibility index (Phi) is 5.72. The lowest BCUT2D eigenvalue weighted by atomic mass is 10.1. The summed E-state index contributed by atoms with van der Waals surface area (Å²) in [5.74, 6) is 1.30. The Bertz CT molecular complexity index is 800. The van der Waals surface area contributed by atoms with Crippen molar-refractivity contribution in [3.8, 4) is 11.5 Å². The standard InChI is InChI=1S/C18H23NO4S/c1-5-14-11-17(9-10-18(14)22-4)24(20,21)19-15-7-6-8-16(12-15)23-13(2)3/h6-13,19H,5H2,1-4H3. The maximum absolute atomic E-state index is 12.6. The Labute approximate surface area is 143 Å². The number of nitrogens with one attached hydrogen (secondary N) is 1. The van der Waals surface area contributed by atoms with E-state index in [-0.39, 0.29) is 11.0 Å². The van der Waals surface area contributed by atoms with E-state index in [0.717, 1.165) is 5.56 Å². The highest BCUT2D eigenvalue weighted by Gasteiger charge is 2.16. The molecule has 0 saturated carbocycles. The Morgan fingerprint density at radius 1 is 1.12 bits per heavy atom. The first-order valence-corrected chi connectivity index (χ1v) is 9.30. The fourth-order valence-electron chi connectivity index (χ4n) is 2.32. The van der Waals surface area contributed by atoms with Crippen LogP contribution in [-0.4, -0.2) is 21.6 Å². The average Bonchev–Trinajstić information content (AvgIpc) is 2.53. The van der Waals surface area contributed by atoms with Gasteiger partial charge in [-0.25, -0.2) is 8.42 Å². The Balaban J connectivity index is 2.28. The average molecular weight is 349 g/mol. The van der Waals surface area contributed by atoms with Gasteiger partial charge < -0.3 is 9.47 Å². The van der Waals surface area contributed by atoms with Crippen molar-refractivity contribution in [3.63, 3.8) is 0 Å². The third-order valence-electron chi connectivity index (χ3n) is 3.40. The van der Waals surface area contributed by atoms with Gasteiger partial charge in [-0.2, -0.15) is 0 Å². The summed E-state index contributed by atoms with van der Waals surface area (Å²) in [4.78, 5) is 0.204. The molecule has 0 amide bonds. The van der Waals surface area contributed by atoms with Crippen LogP contribution in [0.1, 0.15) is 26.3 Å². The van der Waals surface area contributed by atoms with Crippen LogP contribution in [0.2, 0.25) is 0 Å². The molecule has 5 nitrogen and oxygen atoms in total. The van der Waals surface area contributed by atoms with E-state index in [1.165, 1.54) is 6.07 Å². The minimum Gasteiger partial charge on any atom is -0.496 e. The van der Waals surface area contributed by atoms with Gasteiger partial charge in [0.05, 0.1) is 23.8 Å². The van der Waals surface area contributed by atoms with Crippen LogP contribution in [0.25, 0.3) is 0 Å². The summed E-state index contributed by atoms with van der Waals surface area (Å²) in [6.07, 6.45) is 0.704.